The minimum absolute atomic E-state index is 0. The fourth-order valence-corrected chi connectivity index (χ4v) is 5.10. The standard InChI is InChI=1S/C28H42N4O4.ClHO4.Cu.2H2O/c1-21-13-23(27(33)25(15-21)19-31-5-9-35-10-6-31)17-29-3-4-30-18-24-14-22(2)16-26(28(24)34)20-32-7-11-36-12-8-32;2-1(3,4)5;;;/h13-16,29-30,33-34H,3-12,17-20H2,1-2H3;(H,2,3,4,5);;2*1H2/q;;+2;;/p-2. The molecule has 0 saturated carbocycles. The number of hydrogen-bond acceptors (Lipinski definition) is 11. The molecule has 4 rings (SSSR count). The quantitative estimate of drug-likeness (QED) is 0.147. The Morgan fingerprint density at radius 1 is 0.727 bits per heavy atom. The molecule has 2 aliphatic heterocycles. The predicted octanol–water partition coefficient (Wildman–Crippen LogP) is -6.83. The Hall–Kier alpha value is -1.63. The number of nitrogens with one attached hydrogen (secondary N) is 3. The van der Waals surface area contributed by atoms with Gasteiger partial charge in [-0.05, 0) is 36.1 Å². The smallest absolute Gasteiger partial charge is 0.872 e. The summed E-state index contributed by atoms with van der Waals surface area (Å²) in [7, 11) is -4.94. The summed E-state index contributed by atoms with van der Waals surface area (Å²) in [5.41, 5.74) is 5.65. The number of aryl methyl sites for hydroxylation is 2. The molecule has 0 aromatic heterocycles. The second-order valence-corrected chi connectivity index (χ2v) is 11.2. The molecule has 255 valence electrons. The second-order valence-electron chi connectivity index (χ2n) is 10.5. The van der Waals surface area contributed by atoms with Gasteiger partial charge in [0.25, 0.3) is 0 Å². The van der Waals surface area contributed by atoms with Crippen molar-refractivity contribution in [3.05, 3.63) is 57.6 Å². The first-order valence-electron chi connectivity index (χ1n) is 13.8. The van der Waals surface area contributed by atoms with Crippen LogP contribution in [0.2, 0.25) is 0 Å². The maximum absolute atomic E-state index is 13.0. The molecular weight excluding hydrogens is 651 g/mol. The molecule has 1 radical (unpaired) electrons. The average Bonchev–Trinajstić information content (AvgIpc) is 2.91. The van der Waals surface area contributed by atoms with Crippen molar-refractivity contribution < 1.29 is 81.5 Å². The van der Waals surface area contributed by atoms with Crippen molar-refractivity contribution in [2.75, 3.05) is 65.7 Å². The van der Waals surface area contributed by atoms with Gasteiger partial charge in [-0.25, -0.2) is 18.6 Å². The second kappa shape index (κ2) is 21.2. The molecule has 0 bridgehead atoms. The molecule has 2 aromatic carbocycles. The molecule has 2 aromatic rings. The van der Waals surface area contributed by atoms with Gasteiger partial charge in [0, 0.05) is 45.8 Å². The topological polar surface area (TPSA) is 252 Å². The molecule has 2 aliphatic rings. The maximum Gasteiger partial charge on any atom is 2.00 e. The molecule has 0 unspecified atom stereocenters. The molecule has 14 nitrogen and oxygen atoms in total. The van der Waals surface area contributed by atoms with Crippen molar-refractivity contribution in [3.8, 4) is 11.5 Å². The van der Waals surface area contributed by atoms with E-state index in [9.17, 15) is 10.2 Å². The average molecular weight is 697 g/mol. The summed E-state index contributed by atoms with van der Waals surface area (Å²) in [6.45, 7) is 14.7. The Morgan fingerprint density at radius 3 is 1.64 bits per heavy atom. The fraction of sp³-hybridized carbons (Fsp3) is 0.571. The van der Waals surface area contributed by atoms with Crippen LogP contribution >= 0.6 is 0 Å². The van der Waals surface area contributed by atoms with E-state index in [1.807, 2.05) is 31.2 Å². The molecule has 44 heavy (non-hydrogen) atoms. The van der Waals surface area contributed by atoms with Crippen LogP contribution in [0.4, 0.5) is 0 Å². The van der Waals surface area contributed by atoms with E-state index in [4.69, 9.17) is 28.1 Å². The molecular formula is C28H45ClCuN4O10. The number of halogens is 1. The van der Waals surface area contributed by atoms with Crippen LogP contribution in [0.1, 0.15) is 33.4 Å². The molecule has 16 heteroatoms. The summed E-state index contributed by atoms with van der Waals surface area (Å²) in [4.78, 5) is 3.69. The normalized spacial score (nSPS) is 15.7. The van der Waals surface area contributed by atoms with Gasteiger partial charge in [-0.1, -0.05) is 46.9 Å². The van der Waals surface area contributed by atoms with Gasteiger partial charge in [0.1, 0.15) is 19.6 Å². The number of ether oxygens (including phenoxy) is 2. The van der Waals surface area contributed by atoms with Crippen LogP contribution < -0.4 is 44.4 Å². The zero-order valence-electron chi connectivity index (χ0n) is 25.1. The van der Waals surface area contributed by atoms with E-state index in [-0.39, 0.29) is 39.5 Å². The van der Waals surface area contributed by atoms with Gasteiger partial charge in [0.05, 0.1) is 26.4 Å². The van der Waals surface area contributed by atoms with Crippen molar-refractivity contribution >= 4 is 0 Å². The first kappa shape index (κ1) is 42.4. The van der Waals surface area contributed by atoms with Crippen LogP contribution in [-0.2, 0) is 52.7 Å². The molecule has 2 saturated heterocycles. The molecule has 0 spiro atoms. The summed E-state index contributed by atoms with van der Waals surface area (Å²) < 4.78 is 44.8. The minimum Gasteiger partial charge on any atom is -0.872 e. The first-order chi connectivity index (χ1) is 19.5. The van der Waals surface area contributed by atoms with Gasteiger partial charge in [0.2, 0.25) is 0 Å². The van der Waals surface area contributed by atoms with E-state index in [1.54, 1.807) is 0 Å². The molecule has 2 fully saturated rings. The van der Waals surface area contributed by atoms with Crippen LogP contribution in [-0.4, -0.2) is 81.5 Å². The van der Waals surface area contributed by atoms with Crippen molar-refractivity contribution in [2.24, 2.45) is 0 Å². The largest absolute Gasteiger partial charge is 2.00 e. The van der Waals surface area contributed by atoms with Crippen LogP contribution in [0, 0.1) is 24.1 Å². The molecule has 0 aliphatic carbocycles. The van der Waals surface area contributed by atoms with Gasteiger partial charge in [-0.3, -0.25) is 4.90 Å². The fourth-order valence-electron chi connectivity index (χ4n) is 5.10. The molecule has 0 atom stereocenters. The Balaban J connectivity index is 0.00000214. The zero-order valence-corrected chi connectivity index (χ0v) is 26.8. The van der Waals surface area contributed by atoms with Gasteiger partial charge in [-0.2, -0.15) is 0 Å². The third-order valence-corrected chi connectivity index (χ3v) is 7.02. The summed E-state index contributed by atoms with van der Waals surface area (Å²) in [6, 6.07) is 8.03. The van der Waals surface area contributed by atoms with Crippen LogP contribution in [0.25, 0.3) is 0 Å². The zero-order chi connectivity index (χ0) is 29.8. The molecule has 0 amide bonds. The summed E-state index contributed by atoms with van der Waals surface area (Å²) >= 11 is 0. The number of morpholine rings is 2. The Bertz CT molecular complexity index is 1020. The third kappa shape index (κ3) is 15.6. The van der Waals surface area contributed by atoms with Crippen LogP contribution in [0.15, 0.2) is 24.3 Å². The maximum atomic E-state index is 13.0. The van der Waals surface area contributed by atoms with Gasteiger partial charge in [0.15, 0.2) is 0 Å². The number of rotatable bonds is 11. The van der Waals surface area contributed by atoms with Gasteiger partial charge in [-0.15, -0.1) is 10.2 Å². The Morgan fingerprint density at radius 2 is 1.14 bits per heavy atom. The van der Waals surface area contributed by atoms with Gasteiger partial charge >= 0.3 is 17.1 Å². The summed E-state index contributed by atoms with van der Waals surface area (Å²) in [5.74, 6) is 0.293. The number of quaternary nitrogens is 1. The Kier molecular flexibility index (Phi) is 20.4. The van der Waals surface area contributed by atoms with E-state index in [2.05, 4.69) is 22.5 Å². The first-order valence-corrected chi connectivity index (χ1v) is 15.1. The monoisotopic (exact) mass is 695 g/mol. The summed E-state index contributed by atoms with van der Waals surface area (Å²) in [5, 5.41) is 32.8. The van der Waals surface area contributed by atoms with E-state index >= 15 is 0 Å². The predicted molar refractivity (Wildman–Crippen MR) is 143 cm³/mol. The van der Waals surface area contributed by atoms with Crippen molar-refractivity contribution in [2.45, 2.75) is 40.0 Å². The van der Waals surface area contributed by atoms with Crippen molar-refractivity contribution in [3.63, 3.8) is 0 Å². The summed E-state index contributed by atoms with van der Waals surface area (Å²) in [6.07, 6.45) is 0. The van der Waals surface area contributed by atoms with E-state index < -0.39 is 10.2 Å². The van der Waals surface area contributed by atoms with Crippen molar-refractivity contribution in [1.82, 2.24) is 15.5 Å². The van der Waals surface area contributed by atoms with Crippen LogP contribution in [0.3, 0.4) is 0 Å². The van der Waals surface area contributed by atoms with E-state index in [1.165, 1.54) is 4.90 Å². The molecule has 7 N–H and O–H groups in total. The molecule has 2 heterocycles. The number of nitrogens with zero attached hydrogens (tertiary/aromatic N) is 1. The van der Waals surface area contributed by atoms with E-state index in [0.717, 1.165) is 106 Å². The minimum atomic E-state index is -4.94. The van der Waals surface area contributed by atoms with Crippen LogP contribution in [0.5, 0.6) is 11.5 Å². The van der Waals surface area contributed by atoms with Crippen molar-refractivity contribution in [1.29, 1.82) is 0 Å². The SMILES string of the molecule is Cc1cc(CNCCNCc2cc(C)cc(C[NH+]3CCOCC3)c2[O-])c([O-])c(CN2CCOCC2)c1.O.O.[Cu+2].[O-][Cl+3]([O-])([O-])[O-]. The Labute approximate surface area is 271 Å². The van der Waals surface area contributed by atoms with E-state index in [0.29, 0.717) is 19.6 Å². The number of hydrogen-bond donors (Lipinski definition) is 3. The third-order valence-electron chi connectivity index (χ3n) is 7.02. The van der Waals surface area contributed by atoms with Gasteiger partial charge < -0.3 is 46.2 Å². The number of benzene rings is 2.